The molecule has 1 aromatic heterocycles. The molecule has 1 aliphatic rings. The van der Waals surface area contributed by atoms with Gasteiger partial charge in [0.2, 0.25) is 11.8 Å². The van der Waals surface area contributed by atoms with Gasteiger partial charge in [0.05, 0.1) is 27.7 Å². The number of imidazole rings is 1. The van der Waals surface area contributed by atoms with Crippen LogP contribution in [0.2, 0.25) is 10.0 Å². The number of aromatic amines is 1. The zero-order valence-corrected chi connectivity index (χ0v) is 17.2. The van der Waals surface area contributed by atoms with Crippen molar-refractivity contribution in [1.82, 2.24) is 9.97 Å². The number of thioether (sulfide) groups is 1. The lowest BCUT2D eigenvalue weighted by Crippen LogP contribution is -2.40. The molecule has 1 aliphatic heterocycles. The fourth-order valence-corrected chi connectivity index (χ4v) is 4.53. The molecule has 2 N–H and O–H groups in total. The van der Waals surface area contributed by atoms with Crippen LogP contribution in [0.1, 0.15) is 13.3 Å². The lowest BCUT2D eigenvalue weighted by molar-refractivity contribution is -0.117. The standard InChI is InChI=1S/C19H16Cl2N4O2S/c1-10-6-16(26)22-13-4-2-3-5-15(13)25(10)17(27)9-28-19-23-14-8-11(20)7-12(21)18(14)24-19/h2-5,7-8,10H,6,9H2,1H3,(H,22,26)(H,23,24)/t10-/m0/s1. The molecule has 0 saturated carbocycles. The number of fused-ring (bicyclic) bond motifs is 2. The summed E-state index contributed by atoms with van der Waals surface area (Å²) in [6.45, 7) is 1.87. The Balaban J connectivity index is 1.56. The van der Waals surface area contributed by atoms with Crippen LogP contribution < -0.4 is 10.2 Å². The number of aromatic nitrogens is 2. The van der Waals surface area contributed by atoms with Gasteiger partial charge < -0.3 is 15.2 Å². The number of rotatable bonds is 3. The summed E-state index contributed by atoms with van der Waals surface area (Å²) in [6, 6.07) is 10.4. The van der Waals surface area contributed by atoms with Gasteiger partial charge in [-0.25, -0.2) is 4.98 Å². The molecule has 4 rings (SSSR count). The molecule has 1 atom stereocenters. The number of benzene rings is 2. The first-order chi connectivity index (χ1) is 13.4. The number of halogens is 2. The van der Waals surface area contributed by atoms with Gasteiger partial charge in [-0.2, -0.15) is 0 Å². The fraction of sp³-hybridized carbons (Fsp3) is 0.211. The van der Waals surface area contributed by atoms with Gasteiger partial charge in [0, 0.05) is 17.5 Å². The third-order valence-electron chi connectivity index (χ3n) is 4.44. The van der Waals surface area contributed by atoms with E-state index >= 15 is 0 Å². The van der Waals surface area contributed by atoms with Gasteiger partial charge in [0.1, 0.15) is 5.52 Å². The van der Waals surface area contributed by atoms with E-state index in [1.807, 2.05) is 25.1 Å². The van der Waals surface area contributed by atoms with E-state index in [4.69, 9.17) is 23.2 Å². The Morgan fingerprint density at radius 1 is 1.32 bits per heavy atom. The molecule has 0 radical (unpaired) electrons. The molecule has 0 bridgehead atoms. The van der Waals surface area contributed by atoms with Gasteiger partial charge in [0.15, 0.2) is 5.16 Å². The van der Waals surface area contributed by atoms with E-state index in [0.29, 0.717) is 32.1 Å². The maximum Gasteiger partial charge on any atom is 0.237 e. The van der Waals surface area contributed by atoms with Crippen LogP contribution in [-0.2, 0) is 9.59 Å². The number of amides is 2. The quantitative estimate of drug-likeness (QED) is 0.584. The normalized spacial score (nSPS) is 16.6. The molecule has 6 nitrogen and oxygen atoms in total. The second-order valence-corrected chi connectivity index (χ2v) is 8.30. The number of carbonyl (C=O) groups excluding carboxylic acids is 2. The van der Waals surface area contributed by atoms with E-state index in [0.717, 1.165) is 5.52 Å². The fourth-order valence-electron chi connectivity index (χ4n) is 3.26. The number of hydrogen-bond donors (Lipinski definition) is 2. The van der Waals surface area contributed by atoms with Crippen molar-refractivity contribution in [3.8, 4) is 0 Å². The van der Waals surface area contributed by atoms with Crippen LogP contribution in [-0.4, -0.2) is 33.6 Å². The molecule has 0 fully saturated rings. The molecule has 2 heterocycles. The number of carbonyl (C=O) groups is 2. The Morgan fingerprint density at radius 2 is 2.11 bits per heavy atom. The van der Waals surface area contributed by atoms with Crippen LogP contribution in [0.5, 0.6) is 0 Å². The van der Waals surface area contributed by atoms with Crippen molar-refractivity contribution in [3.05, 3.63) is 46.4 Å². The maximum atomic E-state index is 13.0. The summed E-state index contributed by atoms with van der Waals surface area (Å²) in [5, 5.41) is 4.41. The minimum atomic E-state index is -0.249. The molecule has 144 valence electrons. The van der Waals surface area contributed by atoms with E-state index in [2.05, 4.69) is 15.3 Å². The topological polar surface area (TPSA) is 78.1 Å². The van der Waals surface area contributed by atoms with E-state index in [-0.39, 0.29) is 30.0 Å². The first kappa shape index (κ1) is 19.1. The van der Waals surface area contributed by atoms with Gasteiger partial charge in [-0.15, -0.1) is 0 Å². The molecule has 0 spiro atoms. The van der Waals surface area contributed by atoms with Crippen LogP contribution >= 0.6 is 35.0 Å². The summed E-state index contributed by atoms with van der Waals surface area (Å²) in [5.74, 6) is -0.0457. The predicted octanol–water partition coefficient (Wildman–Crippen LogP) is 4.73. The molecule has 9 heteroatoms. The molecule has 28 heavy (non-hydrogen) atoms. The Labute approximate surface area is 175 Å². The van der Waals surface area contributed by atoms with Crippen LogP contribution in [0.25, 0.3) is 11.0 Å². The first-order valence-corrected chi connectivity index (χ1v) is 10.3. The van der Waals surface area contributed by atoms with Gasteiger partial charge in [0.25, 0.3) is 0 Å². The highest BCUT2D eigenvalue weighted by Crippen LogP contribution is 2.33. The van der Waals surface area contributed by atoms with Gasteiger partial charge >= 0.3 is 0 Å². The lowest BCUT2D eigenvalue weighted by Gasteiger charge is -2.27. The summed E-state index contributed by atoms with van der Waals surface area (Å²) < 4.78 is 0. The zero-order valence-electron chi connectivity index (χ0n) is 14.8. The summed E-state index contributed by atoms with van der Waals surface area (Å²) in [5.41, 5.74) is 2.67. The van der Waals surface area contributed by atoms with Crippen molar-refractivity contribution in [2.24, 2.45) is 0 Å². The molecule has 0 unspecified atom stereocenters. The molecule has 0 saturated heterocycles. The third kappa shape index (κ3) is 3.70. The van der Waals surface area contributed by atoms with Gasteiger partial charge in [-0.05, 0) is 31.2 Å². The van der Waals surface area contributed by atoms with Crippen molar-refractivity contribution < 1.29 is 9.59 Å². The maximum absolute atomic E-state index is 13.0. The van der Waals surface area contributed by atoms with Gasteiger partial charge in [-0.3, -0.25) is 9.59 Å². The van der Waals surface area contributed by atoms with Crippen LogP contribution in [0, 0.1) is 0 Å². The largest absolute Gasteiger partial charge is 0.333 e. The van der Waals surface area contributed by atoms with Crippen LogP contribution in [0.15, 0.2) is 41.6 Å². The molecule has 2 aromatic carbocycles. The number of nitrogens with zero attached hydrogens (tertiary/aromatic N) is 2. The van der Waals surface area contributed by atoms with Gasteiger partial charge in [-0.1, -0.05) is 47.1 Å². The molecule has 0 aliphatic carbocycles. The number of hydrogen-bond acceptors (Lipinski definition) is 4. The lowest BCUT2D eigenvalue weighted by atomic mass is 10.2. The molecular weight excluding hydrogens is 419 g/mol. The number of anilines is 2. The summed E-state index contributed by atoms with van der Waals surface area (Å²) in [4.78, 5) is 34.3. The summed E-state index contributed by atoms with van der Waals surface area (Å²) in [6.07, 6.45) is 0.240. The minimum Gasteiger partial charge on any atom is -0.333 e. The van der Waals surface area contributed by atoms with Crippen molar-refractivity contribution in [2.45, 2.75) is 24.5 Å². The summed E-state index contributed by atoms with van der Waals surface area (Å²) >= 11 is 13.5. The Hall–Kier alpha value is -2.22. The highest BCUT2D eigenvalue weighted by molar-refractivity contribution is 7.99. The number of nitrogens with one attached hydrogen (secondary N) is 2. The smallest absolute Gasteiger partial charge is 0.237 e. The van der Waals surface area contributed by atoms with Crippen molar-refractivity contribution in [2.75, 3.05) is 16.0 Å². The predicted molar refractivity (Wildman–Crippen MR) is 113 cm³/mol. The summed E-state index contributed by atoms with van der Waals surface area (Å²) in [7, 11) is 0. The van der Waals surface area contributed by atoms with Crippen molar-refractivity contribution in [3.63, 3.8) is 0 Å². The molecular formula is C19H16Cl2N4O2S. The van der Waals surface area contributed by atoms with E-state index in [9.17, 15) is 9.59 Å². The Bertz CT molecular complexity index is 1080. The SMILES string of the molecule is C[C@H]1CC(=O)Nc2ccccc2N1C(=O)CSc1nc2c(Cl)cc(Cl)cc2[nH]1. The number of para-hydroxylation sites is 2. The monoisotopic (exact) mass is 434 g/mol. The van der Waals surface area contributed by atoms with E-state index in [1.165, 1.54) is 11.8 Å². The molecule has 3 aromatic rings. The average molecular weight is 435 g/mol. The van der Waals surface area contributed by atoms with E-state index < -0.39 is 0 Å². The van der Waals surface area contributed by atoms with Crippen molar-refractivity contribution >= 4 is 69.2 Å². The highest BCUT2D eigenvalue weighted by atomic mass is 35.5. The molecule has 2 amide bonds. The Morgan fingerprint density at radius 3 is 2.93 bits per heavy atom. The second kappa shape index (κ2) is 7.66. The van der Waals surface area contributed by atoms with Crippen LogP contribution in [0.4, 0.5) is 11.4 Å². The third-order valence-corrected chi connectivity index (χ3v) is 5.81. The minimum absolute atomic E-state index is 0.105. The Kier molecular flexibility index (Phi) is 5.23. The second-order valence-electron chi connectivity index (χ2n) is 6.50. The highest BCUT2D eigenvalue weighted by Gasteiger charge is 2.29. The van der Waals surface area contributed by atoms with Crippen molar-refractivity contribution in [1.29, 1.82) is 0 Å². The van der Waals surface area contributed by atoms with E-state index in [1.54, 1.807) is 23.1 Å². The van der Waals surface area contributed by atoms with Crippen LogP contribution in [0.3, 0.4) is 0 Å². The first-order valence-electron chi connectivity index (χ1n) is 8.61. The average Bonchev–Trinajstić information content (AvgIpc) is 2.99. The zero-order chi connectivity index (χ0) is 19.8. The number of H-pyrrole nitrogens is 1.